The summed E-state index contributed by atoms with van der Waals surface area (Å²) >= 11 is 0. The van der Waals surface area contributed by atoms with Gasteiger partial charge in [-0.25, -0.2) is 0 Å². The molecule has 1 N–H and O–H groups in total. The SMILES string of the molecule is COc1ccc(CC2CCCNC2)cc1OC1CCOCC1. The first-order valence-corrected chi connectivity index (χ1v) is 8.47. The summed E-state index contributed by atoms with van der Waals surface area (Å²) in [6, 6.07) is 6.38. The molecule has 0 bridgehead atoms. The molecule has 0 radical (unpaired) electrons. The lowest BCUT2D eigenvalue weighted by atomic mass is 9.92. The Labute approximate surface area is 133 Å². The van der Waals surface area contributed by atoms with Crippen molar-refractivity contribution in [2.24, 2.45) is 5.92 Å². The summed E-state index contributed by atoms with van der Waals surface area (Å²) in [4.78, 5) is 0. The Morgan fingerprint density at radius 2 is 2.05 bits per heavy atom. The zero-order valence-electron chi connectivity index (χ0n) is 13.5. The second-order valence-electron chi connectivity index (χ2n) is 6.33. The van der Waals surface area contributed by atoms with Gasteiger partial charge >= 0.3 is 0 Å². The molecule has 1 aromatic rings. The Bertz CT molecular complexity index is 465. The third kappa shape index (κ3) is 4.14. The highest BCUT2D eigenvalue weighted by Gasteiger charge is 2.19. The Morgan fingerprint density at radius 1 is 1.18 bits per heavy atom. The van der Waals surface area contributed by atoms with Crippen LogP contribution in [0.2, 0.25) is 0 Å². The largest absolute Gasteiger partial charge is 0.493 e. The maximum Gasteiger partial charge on any atom is 0.161 e. The molecule has 2 aliphatic rings. The Hall–Kier alpha value is -1.26. The molecule has 0 amide bonds. The van der Waals surface area contributed by atoms with Crippen LogP contribution in [-0.2, 0) is 11.2 Å². The van der Waals surface area contributed by atoms with E-state index in [0.717, 1.165) is 63.0 Å². The minimum Gasteiger partial charge on any atom is -0.493 e. The third-order valence-electron chi connectivity index (χ3n) is 4.61. The first-order valence-electron chi connectivity index (χ1n) is 8.47. The molecule has 22 heavy (non-hydrogen) atoms. The van der Waals surface area contributed by atoms with Crippen LogP contribution in [0.3, 0.4) is 0 Å². The van der Waals surface area contributed by atoms with Crippen molar-refractivity contribution in [2.45, 2.75) is 38.2 Å². The zero-order valence-corrected chi connectivity index (χ0v) is 13.5. The van der Waals surface area contributed by atoms with E-state index in [1.165, 1.54) is 18.4 Å². The van der Waals surface area contributed by atoms with E-state index in [1.807, 2.05) is 6.07 Å². The van der Waals surface area contributed by atoms with E-state index < -0.39 is 0 Å². The van der Waals surface area contributed by atoms with Crippen molar-refractivity contribution in [1.82, 2.24) is 5.32 Å². The highest BCUT2D eigenvalue weighted by molar-refractivity contribution is 5.43. The molecule has 1 aromatic carbocycles. The average Bonchev–Trinajstić information content (AvgIpc) is 2.57. The molecule has 2 aliphatic heterocycles. The lowest BCUT2D eigenvalue weighted by molar-refractivity contribution is 0.0245. The van der Waals surface area contributed by atoms with E-state index in [1.54, 1.807) is 7.11 Å². The van der Waals surface area contributed by atoms with Crippen molar-refractivity contribution < 1.29 is 14.2 Å². The minimum absolute atomic E-state index is 0.245. The summed E-state index contributed by atoms with van der Waals surface area (Å²) < 4.78 is 17.0. The van der Waals surface area contributed by atoms with Gasteiger partial charge in [-0.3, -0.25) is 0 Å². The van der Waals surface area contributed by atoms with E-state index in [-0.39, 0.29) is 6.10 Å². The van der Waals surface area contributed by atoms with Gasteiger partial charge in [-0.05, 0) is 56.0 Å². The number of rotatable bonds is 5. The molecular weight excluding hydrogens is 278 g/mol. The first kappa shape index (κ1) is 15.6. The summed E-state index contributed by atoms with van der Waals surface area (Å²) in [6.45, 7) is 3.88. The summed E-state index contributed by atoms with van der Waals surface area (Å²) in [6.07, 6.45) is 5.87. The van der Waals surface area contributed by atoms with Crippen LogP contribution in [0.1, 0.15) is 31.2 Å². The monoisotopic (exact) mass is 305 g/mol. The number of piperidine rings is 1. The molecule has 4 nitrogen and oxygen atoms in total. The number of hydrogen-bond acceptors (Lipinski definition) is 4. The van der Waals surface area contributed by atoms with E-state index in [9.17, 15) is 0 Å². The van der Waals surface area contributed by atoms with Crippen molar-refractivity contribution in [3.05, 3.63) is 23.8 Å². The van der Waals surface area contributed by atoms with Crippen LogP contribution in [-0.4, -0.2) is 39.5 Å². The molecule has 0 spiro atoms. The van der Waals surface area contributed by atoms with Crippen LogP contribution in [0.15, 0.2) is 18.2 Å². The van der Waals surface area contributed by atoms with Crippen molar-refractivity contribution in [2.75, 3.05) is 33.4 Å². The molecule has 3 rings (SSSR count). The molecule has 122 valence electrons. The molecule has 0 aromatic heterocycles. The Kier molecular flexibility index (Phi) is 5.57. The van der Waals surface area contributed by atoms with Gasteiger partial charge in [0.25, 0.3) is 0 Å². The molecule has 1 unspecified atom stereocenters. The van der Waals surface area contributed by atoms with Crippen molar-refractivity contribution in [3.63, 3.8) is 0 Å². The number of benzene rings is 1. The van der Waals surface area contributed by atoms with Crippen molar-refractivity contribution in [1.29, 1.82) is 0 Å². The maximum absolute atomic E-state index is 6.19. The molecule has 2 saturated heterocycles. The van der Waals surface area contributed by atoms with E-state index in [2.05, 4.69) is 17.4 Å². The Balaban J connectivity index is 1.67. The third-order valence-corrected chi connectivity index (χ3v) is 4.61. The standard InChI is InChI=1S/C18H27NO3/c1-20-17-5-4-14(11-15-3-2-8-19-13-15)12-18(17)22-16-6-9-21-10-7-16/h4-5,12,15-16,19H,2-3,6-11,13H2,1H3. The number of methoxy groups -OCH3 is 1. The number of nitrogens with one attached hydrogen (secondary N) is 1. The summed E-state index contributed by atoms with van der Waals surface area (Å²) in [5.41, 5.74) is 1.34. The zero-order chi connectivity index (χ0) is 15.2. The van der Waals surface area contributed by atoms with Gasteiger partial charge in [0.1, 0.15) is 6.10 Å². The minimum atomic E-state index is 0.245. The number of hydrogen-bond donors (Lipinski definition) is 1. The normalized spacial score (nSPS) is 23.2. The van der Waals surface area contributed by atoms with Crippen LogP contribution in [0.5, 0.6) is 11.5 Å². The highest BCUT2D eigenvalue weighted by atomic mass is 16.5. The molecule has 4 heteroatoms. The molecular formula is C18H27NO3. The summed E-state index contributed by atoms with van der Waals surface area (Å²) in [5.74, 6) is 2.45. The van der Waals surface area contributed by atoms with Crippen molar-refractivity contribution in [3.8, 4) is 11.5 Å². The van der Waals surface area contributed by atoms with Crippen LogP contribution >= 0.6 is 0 Å². The molecule has 1 atom stereocenters. The molecule has 0 saturated carbocycles. The van der Waals surface area contributed by atoms with Crippen LogP contribution in [0, 0.1) is 5.92 Å². The lowest BCUT2D eigenvalue weighted by Gasteiger charge is -2.25. The van der Waals surface area contributed by atoms with E-state index in [4.69, 9.17) is 14.2 Å². The van der Waals surface area contributed by atoms with Gasteiger partial charge in [0.2, 0.25) is 0 Å². The Morgan fingerprint density at radius 3 is 2.77 bits per heavy atom. The summed E-state index contributed by atoms with van der Waals surface area (Å²) in [7, 11) is 1.71. The van der Waals surface area contributed by atoms with Gasteiger partial charge in [0.05, 0.1) is 20.3 Å². The fourth-order valence-corrected chi connectivity index (χ4v) is 3.35. The molecule has 2 fully saturated rings. The molecule has 2 heterocycles. The lowest BCUT2D eigenvalue weighted by Crippen LogP contribution is -2.30. The van der Waals surface area contributed by atoms with Crippen LogP contribution in [0.4, 0.5) is 0 Å². The van der Waals surface area contributed by atoms with Gasteiger partial charge in [-0.1, -0.05) is 6.07 Å². The topological polar surface area (TPSA) is 39.7 Å². The van der Waals surface area contributed by atoms with Crippen LogP contribution < -0.4 is 14.8 Å². The second-order valence-corrected chi connectivity index (χ2v) is 6.33. The van der Waals surface area contributed by atoms with Gasteiger partial charge in [-0.15, -0.1) is 0 Å². The summed E-state index contributed by atoms with van der Waals surface area (Å²) in [5, 5.41) is 3.49. The smallest absolute Gasteiger partial charge is 0.161 e. The fourth-order valence-electron chi connectivity index (χ4n) is 3.35. The highest BCUT2D eigenvalue weighted by Crippen LogP contribution is 2.31. The second kappa shape index (κ2) is 7.84. The first-order chi connectivity index (χ1) is 10.8. The quantitative estimate of drug-likeness (QED) is 0.908. The van der Waals surface area contributed by atoms with Crippen LogP contribution in [0.25, 0.3) is 0 Å². The van der Waals surface area contributed by atoms with Crippen molar-refractivity contribution >= 4 is 0 Å². The van der Waals surface area contributed by atoms with Gasteiger partial charge in [0.15, 0.2) is 11.5 Å². The van der Waals surface area contributed by atoms with E-state index in [0.29, 0.717) is 0 Å². The average molecular weight is 305 g/mol. The predicted molar refractivity (Wildman–Crippen MR) is 86.8 cm³/mol. The fraction of sp³-hybridized carbons (Fsp3) is 0.667. The van der Waals surface area contributed by atoms with Gasteiger partial charge in [0, 0.05) is 12.8 Å². The maximum atomic E-state index is 6.19. The number of ether oxygens (including phenoxy) is 3. The van der Waals surface area contributed by atoms with E-state index >= 15 is 0 Å². The molecule has 0 aliphatic carbocycles. The van der Waals surface area contributed by atoms with Gasteiger partial charge in [-0.2, -0.15) is 0 Å². The predicted octanol–water partition coefficient (Wildman–Crippen LogP) is 2.80. The van der Waals surface area contributed by atoms with Gasteiger partial charge < -0.3 is 19.5 Å².